The van der Waals surface area contributed by atoms with Gasteiger partial charge in [-0.1, -0.05) is 45.4 Å². The van der Waals surface area contributed by atoms with Crippen LogP contribution in [0.5, 0.6) is 0 Å². The summed E-state index contributed by atoms with van der Waals surface area (Å²) in [4.78, 5) is 11.1. The van der Waals surface area contributed by atoms with E-state index in [0.717, 1.165) is 31.9 Å². The SMILES string of the molecule is C=CC=C(C=CC(CCC)CCC)S(C)(=O)(O)NC(N)=O. The summed E-state index contributed by atoms with van der Waals surface area (Å²) in [6.45, 7) is 7.74. The minimum atomic E-state index is -4.51. The van der Waals surface area contributed by atoms with E-state index in [1.54, 1.807) is 6.08 Å². The maximum Gasteiger partial charge on any atom is 0.330 e. The van der Waals surface area contributed by atoms with Gasteiger partial charge in [0.1, 0.15) is 0 Å². The minimum absolute atomic E-state index is 0.0954. The van der Waals surface area contributed by atoms with Gasteiger partial charge < -0.3 is 5.73 Å². The largest absolute Gasteiger partial charge is 0.350 e. The first-order valence-corrected chi connectivity index (χ1v) is 9.46. The maximum atomic E-state index is 12.6. The van der Waals surface area contributed by atoms with Crippen molar-refractivity contribution < 1.29 is 13.6 Å². The molecule has 0 aromatic rings. The summed E-state index contributed by atoms with van der Waals surface area (Å²) < 4.78 is 24.8. The van der Waals surface area contributed by atoms with Crippen molar-refractivity contribution in [2.45, 2.75) is 39.5 Å². The van der Waals surface area contributed by atoms with Crippen molar-refractivity contribution in [1.82, 2.24) is 4.72 Å². The standard InChI is InChI=1S/C15H28N2O3S/c1-5-8-13(9-6-2)11-12-14(10-7-3)21(4,19,20)17-15(16)18/h7,10-13H,3,5-6,8-9H2,1-2,4H3,(H4,16,17,18,19,20). The Labute approximate surface area is 127 Å². The lowest BCUT2D eigenvalue weighted by Crippen LogP contribution is -2.51. The zero-order chi connectivity index (χ0) is 16.5. The van der Waals surface area contributed by atoms with E-state index in [0.29, 0.717) is 5.92 Å². The first-order chi connectivity index (χ1) is 9.64. The number of nitrogens with two attached hydrogens (primary N) is 1. The Morgan fingerprint density at radius 2 is 1.90 bits per heavy atom. The van der Waals surface area contributed by atoms with Crippen molar-refractivity contribution in [2.75, 3.05) is 6.26 Å². The number of carbonyl (C=O) groups excluding carboxylic acids is 1. The van der Waals surface area contributed by atoms with Crippen LogP contribution in [0.2, 0.25) is 0 Å². The highest BCUT2D eigenvalue weighted by Crippen LogP contribution is 2.27. The second kappa shape index (κ2) is 8.14. The quantitative estimate of drug-likeness (QED) is 0.570. The maximum absolute atomic E-state index is 12.6. The fourth-order valence-corrected chi connectivity index (χ4v) is 3.51. The van der Waals surface area contributed by atoms with Crippen molar-refractivity contribution in [3.05, 3.63) is 35.8 Å². The van der Waals surface area contributed by atoms with Crippen LogP contribution in [0.4, 0.5) is 4.79 Å². The summed E-state index contributed by atoms with van der Waals surface area (Å²) in [5.41, 5.74) is 4.99. The van der Waals surface area contributed by atoms with Gasteiger partial charge in [0.05, 0.1) is 4.91 Å². The highest BCUT2D eigenvalue weighted by atomic mass is 32.3. The molecule has 0 radical (unpaired) electrons. The second-order valence-corrected chi connectivity index (χ2v) is 8.49. The van der Waals surface area contributed by atoms with Gasteiger partial charge in [0.15, 0.2) is 0 Å². The number of urea groups is 1. The number of amides is 2. The smallest absolute Gasteiger partial charge is 0.330 e. The zero-order valence-corrected chi connectivity index (χ0v) is 14.0. The first-order valence-electron chi connectivity index (χ1n) is 7.12. The molecule has 2 amide bonds. The molecule has 0 atom stereocenters. The van der Waals surface area contributed by atoms with Crippen LogP contribution in [0.25, 0.3) is 0 Å². The molecule has 0 aromatic heterocycles. The molecule has 5 nitrogen and oxygen atoms in total. The van der Waals surface area contributed by atoms with E-state index in [1.807, 2.05) is 10.8 Å². The Morgan fingerprint density at radius 3 is 2.29 bits per heavy atom. The van der Waals surface area contributed by atoms with Crippen molar-refractivity contribution in [1.29, 1.82) is 0 Å². The molecule has 0 aromatic carbocycles. The van der Waals surface area contributed by atoms with Crippen molar-refractivity contribution in [3.8, 4) is 0 Å². The third-order valence-corrected chi connectivity index (χ3v) is 5.09. The summed E-state index contributed by atoms with van der Waals surface area (Å²) in [5, 5.41) is 0. The summed E-state index contributed by atoms with van der Waals surface area (Å²) in [6, 6.07) is -1.04. The molecule has 21 heavy (non-hydrogen) atoms. The molecule has 0 aliphatic rings. The van der Waals surface area contributed by atoms with E-state index in [2.05, 4.69) is 20.4 Å². The minimum Gasteiger partial charge on any atom is -0.350 e. The van der Waals surface area contributed by atoms with Crippen LogP contribution >= 0.6 is 0 Å². The van der Waals surface area contributed by atoms with Gasteiger partial charge in [-0.3, -0.25) is 4.55 Å². The topological polar surface area (TPSA) is 92.4 Å². The molecule has 0 unspecified atom stereocenters. The molecular formula is C15H28N2O3S. The number of rotatable bonds is 9. The Balaban J connectivity index is 5.43. The summed E-state index contributed by atoms with van der Waals surface area (Å²) in [6.07, 6.45) is 11.5. The third kappa shape index (κ3) is 7.24. The number of hydrogen-bond donors (Lipinski definition) is 3. The number of nitrogens with one attached hydrogen (secondary N) is 1. The second-order valence-electron chi connectivity index (χ2n) is 5.25. The van der Waals surface area contributed by atoms with Gasteiger partial charge in [-0.05, 0) is 30.9 Å². The molecule has 0 fully saturated rings. The Hall–Kier alpha value is -1.40. The monoisotopic (exact) mass is 316 g/mol. The van der Waals surface area contributed by atoms with Crippen LogP contribution in [-0.4, -0.2) is 21.0 Å². The Morgan fingerprint density at radius 1 is 1.38 bits per heavy atom. The van der Waals surface area contributed by atoms with Gasteiger partial charge in [-0.2, -0.15) is 4.21 Å². The fraction of sp³-hybridized carbons (Fsp3) is 0.533. The van der Waals surface area contributed by atoms with E-state index in [9.17, 15) is 13.6 Å². The summed E-state index contributed by atoms with van der Waals surface area (Å²) in [7, 11) is -4.51. The molecule has 0 aliphatic carbocycles. The van der Waals surface area contributed by atoms with E-state index in [1.165, 1.54) is 12.2 Å². The number of primary amides is 1. The molecule has 0 bridgehead atoms. The normalized spacial score (nSPS) is 14.9. The average molecular weight is 316 g/mol. The van der Waals surface area contributed by atoms with Crippen molar-refractivity contribution >= 4 is 15.6 Å². The molecule has 0 spiro atoms. The van der Waals surface area contributed by atoms with Crippen LogP contribution in [0.3, 0.4) is 0 Å². The fourth-order valence-electron chi connectivity index (χ4n) is 2.10. The molecule has 122 valence electrons. The lowest BCUT2D eigenvalue weighted by molar-refractivity contribution is 0.253. The van der Waals surface area contributed by atoms with Crippen LogP contribution in [0, 0.1) is 5.92 Å². The lowest BCUT2D eigenvalue weighted by Gasteiger charge is -2.39. The highest BCUT2D eigenvalue weighted by Gasteiger charge is 2.26. The molecule has 6 heteroatoms. The average Bonchev–Trinajstić information content (AvgIpc) is 2.32. The number of hydrogen-bond acceptors (Lipinski definition) is 2. The molecular weight excluding hydrogens is 288 g/mol. The molecule has 0 heterocycles. The van der Waals surface area contributed by atoms with E-state index < -0.39 is 15.6 Å². The van der Waals surface area contributed by atoms with E-state index in [-0.39, 0.29) is 4.91 Å². The predicted molar refractivity (Wildman–Crippen MR) is 90.1 cm³/mol. The first kappa shape index (κ1) is 19.6. The predicted octanol–water partition coefficient (Wildman–Crippen LogP) is 3.34. The Bertz CT molecular complexity index is 483. The lowest BCUT2D eigenvalue weighted by atomic mass is 9.98. The van der Waals surface area contributed by atoms with Gasteiger partial charge in [-0.15, -0.1) is 9.53 Å². The summed E-state index contributed by atoms with van der Waals surface area (Å²) >= 11 is 0. The van der Waals surface area contributed by atoms with Gasteiger partial charge in [0.2, 0.25) is 0 Å². The third-order valence-electron chi connectivity index (χ3n) is 3.03. The van der Waals surface area contributed by atoms with Crippen LogP contribution < -0.4 is 10.5 Å². The van der Waals surface area contributed by atoms with Crippen molar-refractivity contribution in [2.24, 2.45) is 11.7 Å². The molecule has 0 aliphatic heterocycles. The van der Waals surface area contributed by atoms with Crippen LogP contribution in [0.15, 0.2) is 35.8 Å². The molecule has 4 N–H and O–H groups in total. The molecule has 0 saturated carbocycles. The van der Waals surface area contributed by atoms with Crippen molar-refractivity contribution in [3.63, 3.8) is 0 Å². The summed E-state index contributed by atoms with van der Waals surface area (Å²) in [5.74, 6) is 0.338. The molecule has 0 saturated heterocycles. The van der Waals surface area contributed by atoms with Crippen LogP contribution in [0.1, 0.15) is 39.5 Å². The van der Waals surface area contributed by atoms with Gasteiger partial charge in [-0.25, -0.2) is 9.52 Å². The highest BCUT2D eigenvalue weighted by molar-refractivity contribution is 8.16. The van der Waals surface area contributed by atoms with Crippen LogP contribution in [-0.2, 0) is 9.53 Å². The number of allylic oxidation sites excluding steroid dienone is 4. The number of carbonyl (C=O) groups is 1. The van der Waals surface area contributed by atoms with E-state index >= 15 is 0 Å². The van der Waals surface area contributed by atoms with Gasteiger partial charge in [0.25, 0.3) is 0 Å². The van der Waals surface area contributed by atoms with Gasteiger partial charge in [0, 0.05) is 6.26 Å². The van der Waals surface area contributed by atoms with E-state index in [4.69, 9.17) is 5.73 Å². The Kier molecular flexibility index (Phi) is 7.60. The zero-order valence-electron chi connectivity index (χ0n) is 13.2. The molecule has 0 rings (SSSR count). The van der Waals surface area contributed by atoms with Gasteiger partial charge >= 0.3 is 6.03 Å².